The minimum atomic E-state index is -0.870. The highest BCUT2D eigenvalue weighted by atomic mass is 16.5. The lowest BCUT2D eigenvalue weighted by atomic mass is 9.98. The van der Waals surface area contributed by atoms with Crippen molar-refractivity contribution in [2.75, 3.05) is 26.3 Å². The predicted molar refractivity (Wildman–Crippen MR) is 54.8 cm³/mol. The van der Waals surface area contributed by atoms with Crippen LogP contribution in [0.1, 0.15) is 19.8 Å². The summed E-state index contributed by atoms with van der Waals surface area (Å²) in [6.45, 7) is 3.74. The maximum absolute atomic E-state index is 12.0. The number of nitrogens with zero attached hydrogens (tertiary/aromatic N) is 2. The van der Waals surface area contributed by atoms with Crippen LogP contribution >= 0.6 is 0 Å². The number of likely N-dealkylation sites (N-methyl/N-ethyl adjacent to an activating group) is 1. The van der Waals surface area contributed by atoms with Crippen LogP contribution < -0.4 is 5.73 Å². The van der Waals surface area contributed by atoms with Crippen LogP contribution in [-0.2, 0) is 9.53 Å². The fourth-order valence-corrected chi connectivity index (χ4v) is 1.65. The fourth-order valence-electron chi connectivity index (χ4n) is 1.65. The highest BCUT2D eigenvalue weighted by Crippen LogP contribution is 2.18. The molecule has 0 aromatic rings. The Balaban J connectivity index is 2.60. The molecule has 84 valence electrons. The van der Waals surface area contributed by atoms with E-state index in [9.17, 15) is 4.79 Å². The molecule has 5 heteroatoms. The van der Waals surface area contributed by atoms with Gasteiger partial charge in [0.25, 0.3) is 0 Å². The Bertz CT molecular complexity index is 266. The van der Waals surface area contributed by atoms with Gasteiger partial charge in [-0.25, -0.2) is 0 Å². The van der Waals surface area contributed by atoms with Crippen molar-refractivity contribution in [3.8, 4) is 6.07 Å². The van der Waals surface area contributed by atoms with Gasteiger partial charge in [-0.15, -0.1) is 0 Å². The number of ether oxygens (including phenoxy) is 1. The van der Waals surface area contributed by atoms with Gasteiger partial charge in [0.15, 0.2) is 0 Å². The van der Waals surface area contributed by atoms with Crippen molar-refractivity contribution >= 4 is 5.91 Å². The van der Waals surface area contributed by atoms with E-state index in [0.29, 0.717) is 32.5 Å². The van der Waals surface area contributed by atoms with E-state index in [4.69, 9.17) is 15.7 Å². The Morgan fingerprint density at radius 2 is 2.47 bits per heavy atom. The van der Waals surface area contributed by atoms with Gasteiger partial charge in [-0.05, 0) is 13.3 Å². The summed E-state index contributed by atoms with van der Waals surface area (Å²) < 4.78 is 5.14. The Morgan fingerprint density at radius 1 is 1.73 bits per heavy atom. The molecule has 0 aromatic carbocycles. The molecule has 1 aliphatic heterocycles. The SMILES string of the molecule is CCN(CCC#N)C(=O)C1(N)CCOC1. The molecule has 1 rings (SSSR count). The number of nitrogens with two attached hydrogens (primary N) is 1. The van der Waals surface area contributed by atoms with Gasteiger partial charge in [0.2, 0.25) is 5.91 Å². The second-order valence-corrected chi connectivity index (χ2v) is 3.75. The highest BCUT2D eigenvalue weighted by Gasteiger charge is 2.40. The van der Waals surface area contributed by atoms with Crippen LogP contribution in [0.2, 0.25) is 0 Å². The molecule has 1 fully saturated rings. The van der Waals surface area contributed by atoms with E-state index in [2.05, 4.69) is 0 Å². The summed E-state index contributed by atoms with van der Waals surface area (Å²) in [5, 5.41) is 8.48. The summed E-state index contributed by atoms with van der Waals surface area (Å²) in [5.74, 6) is -0.0993. The number of amides is 1. The zero-order chi connectivity index (χ0) is 11.3. The third kappa shape index (κ3) is 2.67. The number of hydrogen-bond donors (Lipinski definition) is 1. The van der Waals surface area contributed by atoms with Gasteiger partial charge in [-0.2, -0.15) is 5.26 Å². The van der Waals surface area contributed by atoms with Gasteiger partial charge in [0, 0.05) is 19.7 Å². The zero-order valence-electron chi connectivity index (χ0n) is 9.03. The van der Waals surface area contributed by atoms with E-state index in [-0.39, 0.29) is 12.5 Å². The van der Waals surface area contributed by atoms with Crippen molar-refractivity contribution in [3.05, 3.63) is 0 Å². The van der Waals surface area contributed by atoms with Crippen LogP contribution in [0.4, 0.5) is 0 Å². The van der Waals surface area contributed by atoms with Gasteiger partial charge in [-0.3, -0.25) is 4.79 Å². The third-order valence-corrected chi connectivity index (χ3v) is 2.64. The first kappa shape index (κ1) is 12.0. The number of carbonyl (C=O) groups is 1. The van der Waals surface area contributed by atoms with Crippen molar-refractivity contribution in [2.45, 2.75) is 25.3 Å². The van der Waals surface area contributed by atoms with Crippen LogP contribution in [0.5, 0.6) is 0 Å². The Kier molecular flexibility index (Phi) is 4.06. The van der Waals surface area contributed by atoms with Crippen LogP contribution in [0, 0.1) is 11.3 Å². The lowest BCUT2D eigenvalue weighted by molar-refractivity contribution is -0.136. The molecule has 0 saturated carbocycles. The molecule has 0 aliphatic carbocycles. The Labute approximate surface area is 89.8 Å². The maximum Gasteiger partial charge on any atom is 0.245 e. The predicted octanol–water partition coefficient (Wildman–Crippen LogP) is -0.134. The molecule has 1 aliphatic rings. The number of rotatable bonds is 4. The normalized spacial score (nSPS) is 24.9. The molecule has 1 heterocycles. The maximum atomic E-state index is 12.0. The standard InChI is InChI=1S/C10H17N3O2/c1-2-13(6-3-5-11)9(14)10(12)4-7-15-8-10/h2-4,6-8,12H2,1H3. The molecule has 0 radical (unpaired) electrons. The lowest BCUT2D eigenvalue weighted by Gasteiger charge is -2.29. The van der Waals surface area contributed by atoms with E-state index in [1.165, 1.54) is 0 Å². The number of carbonyl (C=O) groups excluding carboxylic acids is 1. The largest absolute Gasteiger partial charge is 0.379 e. The van der Waals surface area contributed by atoms with Crippen molar-refractivity contribution in [3.63, 3.8) is 0 Å². The zero-order valence-corrected chi connectivity index (χ0v) is 9.03. The summed E-state index contributed by atoms with van der Waals surface area (Å²) in [6.07, 6.45) is 0.908. The van der Waals surface area contributed by atoms with Gasteiger partial charge >= 0.3 is 0 Å². The first-order valence-corrected chi connectivity index (χ1v) is 5.17. The molecule has 1 atom stereocenters. The summed E-state index contributed by atoms with van der Waals surface area (Å²) in [6, 6.07) is 2.02. The molecule has 1 amide bonds. The average molecular weight is 211 g/mol. The van der Waals surface area contributed by atoms with E-state index in [1.807, 2.05) is 13.0 Å². The smallest absolute Gasteiger partial charge is 0.245 e. The molecule has 1 unspecified atom stereocenters. The van der Waals surface area contributed by atoms with Crippen molar-refractivity contribution in [1.29, 1.82) is 5.26 Å². The molecule has 15 heavy (non-hydrogen) atoms. The van der Waals surface area contributed by atoms with Gasteiger partial charge < -0.3 is 15.4 Å². The molecule has 0 spiro atoms. The Morgan fingerprint density at radius 3 is 2.93 bits per heavy atom. The second-order valence-electron chi connectivity index (χ2n) is 3.75. The topological polar surface area (TPSA) is 79.4 Å². The first-order valence-electron chi connectivity index (χ1n) is 5.17. The molecule has 0 bridgehead atoms. The number of nitriles is 1. The van der Waals surface area contributed by atoms with Crippen LogP contribution in [0.25, 0.3) is 0 Å². The summed E-state index contributed by atoms with van der Waals surface area (Å²) in [4.78, 5) is 13.6. The third-order valence-electron chi connectivity index (χ3n) is 2.64. The van der Waals surface area contributed by atoms with Crippen molar-refractivity contribution in [1.82, 2.24) is 4.90 Å². The van der Waals surface area contributed by atoms with E-state index in [0.717, 1.165) is 0 Å². The summed E-state index contributed by atoms with van der Waals surface area (Å²) >= 11 is 0. The van der Waals surface area contributed by atoms with Crippen LogP contribution in [0.15, 0.2) is 0 Å². The van der Waals surface area contributed by atoms with Crippen LogP contribution in [-0.4, -0.2) is 42.6 Å². The van der Waals surface area contributed by atoms with Crippen molar-refractivity contribution in [2.24, 2.45) is 5.73 Å². The Hall–Kier alpha value is -1.12. The molecule has 1 saturated heterocycles. The molecule has 0 aromatic heterocycles. The highest BCUT2D eigenvalue weighted by molar-refractivity contribution is 5.86. The van der Waals surface area contributed by atoms with E-state index in [1.54, 1.807) is 4.90 Å². The average Bonchev–Trinajstić information content (AvgIpc) is 2.67. The van der Waals surface area contributed by atoms with E-state index < -0.39 is 5.54 Å². The van der Waals surface area contributed by atoms with Gasteiger partial charge in [0.05, 0.1) is 19.1 Å². The minimum absolute atomic E-state index is 0.0993. The quantitative estimate of drug-likeness (QED) is 0.702. The molecule has 2 N–H and O–H groups in total. The van der Waals surface area contributed by atoms with Crippen LogP contribution in [0.3, 0.4) is 0 Å². The van der Waals surface area contributed by atoms with Crippen molar-refractivity contribution < 1.29 is 9.53 Å². The lowest BCUT2D eigenvalue weighted by Crippen LogP contribution is -2.56. The summed E-state index contributed by atoms with van der Waals surface area (Å²) in [7, 11) is 0. The fraction of sp³-hybridized carbons (Fsp3) is 0.800. The second kappa shape index (κ2) is 5.10. The molecular formula is C10H17N3O2. The summed E-state index contributed by atoms with van der Waals surface area (Å²) in [5.41, 5.74) is 5.08. The monoisotopic (exact) mass is 211 g/mol. The first-order chi connectivity index (χ1) is 7.14. The number of hydrogen-bond acceptors (Lipinski definition) is 4. The molecular weight excluding hydrogens is 194 g/mol. The molecule has 5 nitrogen and oxygen atoms in total. The van der Waals surface area contributed by atoms with E-state index >= 15 is 0 Å². The van der Waals surface area contributed by atoms with Gasteiger partial charge in [-0.1, -0.05) is 0 Å². The minimum Gasteiger partial charge on any atom is -0.379 e. The van der Waals surface area contributed by atoms with Gasteiger partial charge in [0.1, 0.15) is 5.54 Å².